The largest absolute Gasteiger partial charge is 0.416 e. The first-order chi connectivity index (χ1) is 17.3. The Labute approximate surface area is 206 Å². The highest BCUT2D eigenvalue weighted by molar-refractivity contribution is 6.04. The molecule has 3 heterocycles. The van der Waals surface area contributed by atoms with Crippen molar-refractivity contribution in [1.82, 2.24) is 19.9 Å². The molecule has 0 unspecified atom stereocenters. The van der Waals surface area contributed by atoms with Crippen LogP contribution in [0.5, 0.6) is 0 Å². The number of likely N-dealkylation sites (tertiary alicyclic amines) is 1. The number of alkyl halides is 3. The Hall–Kier alpha value is -4.23. The summed E-state index contributed by atoms with van der Waals surface area (Å²) in [5, 5.41) is 9.57. The second-order valence-corrected chi connectivity index (χ2v) is 8.27. The van der Waals surface area contributed by atoms with Crippen LogP contribution in [0.2, 0.25) is 0 Å². The van der Waals surface area contributed by atoms with Gasteiger partial charge in [-0.15, -0.1) is 0 Å². The highest BCUT2D eigenvalue weighted by Crippen LogP contribution is 2.32. The van der Waals surface area contributed by atoms with Crippen LogP contribution >= 0.6 is 0 Å². The third-order valence-corrected chi connectivity index (χ3v) is 5.47. The Bertz CT molecular complexity index is 1340. The number of benzene rings is 1. The van der Waals surface area contributed by atoms with Gasteiger partial charge in [0.05, 0.1) is 17.3 Å². The number of hydrogen-bond donors (Lipinski definition) is 3. The molecule has 0 saturated carbocycles. The van der Waals surface area contributed by atoms with E-state index in [1.54, 1.807) is 12.1 Å². The number of H-pyrrole nitrogens is 1. The summed E-state index contributed by atoms with van der Waals surface area (Å²) in [5.74, 6) is 5.72. The van der Waals surface area contributed by atoms with Crippen LogP contribution in [0.4, 0.5) is 18.9 Å². The summed E-state index contributed by atoms with van der Waals surface area (Å²) < 4.78 is 40.5. The lowest BCUT2D eigenvalue weighted by molar-refractivity contribution is -0.137. The van der Waals surface area contributed by atoms with Crippen molar-refractivity contribution in [1.29, 1.82) is 5.41 Å². The van der Waals surface area contributed by atoms with Gasteiger partial charge in [0.2, 0.25) is 0 Å². The number of anilines is 1. The standard InChI is InChI=1S/C26H23F3N6O/c27-26(28,29)21-11-19(17-35-8-1-2-9-35)12-23(13-21)34-25(36)20-10-18(14-31-15-20)5-6-22-16-32-24(33-22)4-3-7-30/h3-4,7,10-16,30H,1-2,8-9,17H2,(H,32,33)(H,34,36)/b4-3-,30-7?. The Balaban J connectivity index is 1.51. The Morgan fingerprint density at radius 1 is 1.14 bits per heavy atom. The van der Waals surface area contributed by atoms with E-state index in [1.165, 1.54) is 30.7 Å². The zero-order chi connectivity index (χ0) is 25.5. The first kappa shape index (κ1) is 24.9. The molecule has 3 N–H and O–H groups in total. The number of aromatic amines is 1. The van der Waals surface area contributed by atoms with Crippen molar-refractivity contribution >= 4 is 23.9 Å². The number of nitrogens with one attached hydrogen (secondary N) is 3. The lowest BCUT2D eigenvalue weighted by Crippen LogP contribution is -2.19. The minimum atomic E-state index is -4.53. The molecular weight excluding hydrogens is 469 g/mol. The lowest BCUT2D eigenvalue weighted by atomic mass is 10.1. The number of carbonyl (C=O) groups excluding carboxylic acids is 1. The van der Waals surface area contributed by atoms with Crippen LogP contribution in [-0.2, 0) is 12.7 Å². The number of halogens is 3. The normalized spacial score (nSPS) is 14.0. The van der Waals surface area contributed by atoms with E-state index in [0.717, 1.165) is 44.3 Å². The Morgan fingerprint density at radius 2 is 1.94 bits per heavy atom. The molecule has 1 fully saturated rings. The van der Waals surface area contributed by atoms with Crippen molar-refractivity contribution in [2.24, 2.45) is 0 Å². The molecule has 0 bridgehead atoms. The molecule has 1 aliphatic rings. The van der Waals surface area contributed by atoms with Gasteiger partial charge >= 0.3 is 6.18 Å². The number of amides is 1. The van der Waals surface area contributed by atoms with E-state index in [0.29, 0.717) is 29.2 Å². The van der Waals surface area contributed by atoms with Gasteiger partial charge in [-0.05, 0) is 73.8 Å². The van der Waals surface area contributed by atoms with Gasteiger partial charge in [0.25, 0.3) is 5.91 Å². The molecule has 0 aliphatic carbocycles. The molecule has 0 spiro atoms. The third kappa shape index (κ3) is 6.67. The van der Waals surface area contributed by atoms with Crippen molar-refractivity contribution in [3.63, 3.8) is 0 Å². The molecule has 0 radical (unpaired) electrons. The number of hydrogen-bond acceptors (Lipinski definition) is 5. The molecule has 1 aromatic carbocycles. The first-order valence-electron chi connectivity index (χ1n) is 11.2. The second-order valence-electron chi connectivity index (χ2n) is 8.27. The summed E-state index contributed by atoms with van der Waals surface area (Å²) in [6.45, 7) is 2.08. The summed E-state index contributed by atoms with van der Waals surface area (Å²) in [5.41, 5.74) is 0.912. The summed E-state index contributed by atoms with van der Waals surface area (Å²) in [6.07, 6.45) is 6.13. The molecule has 2 aromatic heterocycles. The summed E-state index contributed by atoms with van der Waals surface area (Å²) in [4.78, 5) is 26.0. The summed E-state index contributed by atoms with van der Waals surface area (Å²) in [7, 11) is 0. The fourth-order valence-electron chi connectivity index (χ4n) is 3.82. The SMILES string of the molecule is N=C/C=C\c1ncc(C#Cc2cncc(C(=O)Nc3cc(CN4CCCC4)cc(C(F)(F)F)c3)c2)[nH]1. The smallest absolute Gasteiger partial charge is 0.332 e. The quantitative estimate of drug-likeness (QED) is 0.342. The molecule has 4 rings (SSSR count). The van der Waals surface area contributed by atoms with Crippen LogP contribution in [-0.4, -0.2) is 45.1 Å². The van der Waals surface area contributed by atoms with Gasteiger partial charge in [-0.2, -0.15) is 13.2 Å². The number of carbonyl (C=O) groups is 1. The van der Waals surface area contributed by atoms with E-state index < -0.39 is 17.6 Å². The maximum Gasteiger partial charge on any atom is 0.416 e. The second kappa shape index (κ2) is 11.0. The molecular formula is C26H23F3N6O. The number of rotatable bonds is 6. The predicted molar refractivity (Wildman–Crippen MR) is 131 cm³/mol. The summed E-state index contributed by atoms with van der Waals surface area (Å²) in [6, 6.07) is 5.16. The monoisotopic (exact) mass is 492 g/mol. The molecule has 1 aliphatic heterocycles. The maximum atomic E-state index is 13.5. The Morgan fingerprint density at radius 3 is 2.69 bits per heavy atom. The molecule has 1 amide bonds. The van der Waals surface area contributed by atoms with Gasteiger partial charge in [0.15, 0.2) is 0 Å². The van der Waals surface area contributed by atoms with Crippen molar-refractivity contribution < 1.29 is 18.0 Å². The number of nitrogens with zero attached hydrogens (tertiary/aromatic N) is 3. The minimum Gasteiger partial charge on any atom is -0.332 e. The molecule has 0 atom stereocenters. The summed E-state index contributed by atoms with van der Waals surface area (Å²) >= 11 is 0. The number of aromatic nitrogens is 3. The molecule has 10 heteroatoms. The number of pyridine rings is 1. The molecule has 3 aromatic rings. The van der Waals surface area contributed by atoms with Gasteiger partial charge in [-0.3, -0.25) is 14.7 Å². The van der Waals surface area contributed by atoms with E-state index in [1.807, 2.05) is 0 Å². The topological polar surface area (TPSA) is 97.8 Å². The van der Waals surface area contributed by atoms with E-state index in [2.05, 4.69) is 37.0 Å². The number of imidazole rings is 1. The van der Waals surface area contributed by atoms with Crippen molar-refractivity contribution in [3.05, 3.63) is 82.7 Å². The van der Waals surface area contributed by atoms with Crippen LogP contribution < -0.4 is 5.32 Å². The van der Waals surface area contributed by atoms with Gasteiger partial charge in [-0.25, -0.2) is 4.98 Å². The van der Waals surface area contributed by atoms with Crippen LogP contribution in [0.25, 0.3) is 6.08 Å². The van der Waals surface area contributed by atoms with E-state index in [9.17, 15) is 18.0 Å². The number of allylic oxidation sites excluding steroid dienone is 1. The van der Waals surface area contributed by atoms with E-state index in [-0.39, 0.29) is 11.3 Å². The average Bonchev–Trinajstić information content (AvgIpc) is 3.53. The third-order valence-electron chi connectivity index (χ3n) is 5.47. The van der Waals surface area contributed by atoms with Crippen molar-refractivity contribution in [3.8, 4) is 11.8 Å². The maximum absolute atomic E-state index is 13.5. The molecule has 1 saturated heterocycles. The van der Waals surface area contributed by atoms with Gasteiger partial charge in [0, 0.05) is 36.4 Å². The molecule has 36 heavy (non-hydrogen) atoms. The molecule has 7 nitrogen and oxygen atoms in total. The molecule has 184 valence electrons. The van der Waals surface area contributed by atoms with Gasteiger partial charge in [-0.1, -0.05) is 5.92 Å². The first-order valence-corrected chi connectivity index (χ1v) is 11.2. The fraction of sp³-hybridized carbons (Fsp3) is 0.231. The average molecular weight is 493 g/mol. The van der Waals surface area contributed by atoms with E-state index in [4.69, 9.17) is 5.41 Å². The van der Waals surface area contributed by atoms with Crippen molar-refractivity contribution in [2.75, 3.05) is 18.4 Å². The van der Waals surface area contributed by atoms with Crippen LogP contribution in [0.3, 0.4) is 0 Å². The zero-order valence-corrected chi connectivity index (χ0v) is 19.2. The van der Waals surface area contributed by atoms with E-state index >= 15 is 0 Å². The highest BCUT2D eigenvalue weighted by Gasteiger charge is 2.31. The van der Waals surface area contributed by atoms with Gasteiger partial charge in [0.1, 0.15) is 11.5 Å². The van der Waals surface area contributed by atoms with Crippen molar-refractivity contribution in [2.45, 2.75) is 25.6 Å². The predicted octanol–water partition coefficient (Wildman–Crippen LogP) is 4.73. The Kier molecular flexibility index (Phi) is 7.61. The highest BCUT2D eigenvalue weighted by atomic mass is 19.4. The lowest BCUT2D eigenvalue weighted by Gasteiger charge is -2.18. The van der Waals surface area contributed by atoms with Crippen LogP contribution in [0, 0.1) is 17.3 Å². The zero-order valence-electron chi connectivity index (χ0n) is 19.2. The van der Waals surface area contributed by atoms with Crippen LogP contribution in [0.1, 0.15) is 51.4 Å². The van der Waals surface area contributed by atoms with Crippen LogP contribution in [0.15, 0.2) is 48.9 Å². The fourth-order valence-corrected chi connectivity index (χ4v) is 3.82. The minimum absolute atomic E-state index is 0.0727. The van der Waals surface area contributed by atoms with Gasteiger partial charge < -0.3 is 15.7 Å².